The van der Waals surface area contributed by atoms with Gasteiger partial charge in [0.2, 0.25) is 0 Å². The molecule has 0 aliphatic rings. The molecule has 1 aromatic heterocycles. The number of amides is 1. The molecule has 1 heterocycles. The van der Waals surface area contributed by atoms with Gasteiger partial charge in [-0.1, -0.05) is 12.1 Å². The summed E-state index contributed by atoms with van der Waals surface area (Å²) in [7, 11) is 0. The zero-order chi connectivity index (χ0) is 18.5. The number of aryl methyl sites for hydroxylation is 1. The summed E-state index contributed by atoms with van der Waals surface area (Å²) in [5.74, 6) is 0.299. The van der Waals surface area contributed by atoms with Crippen LogP contribution in [0.25, 0.3) is 11.3 Å². The molecule has 1 atom stereocenters. The Kier molecular flexibility index (Phi) is 5.30. The summed E-state index contributed by atoms with van der Waals surface area (Å²) in [6.45, 7) is 3.65. The van der Waals surface area contributed by atoms with Gasteiger partial charge >= 0.3 is 0 Å². The number of ether oxygens (including phenoxy) is 1. The fourth-order valence-electron chi connectivity index (χ4n) is 2.33. The van der Waals surface area contributed by atoms with Gasteiger partial charge in [0.05, 0.1) is 22.3 Å². The van der Waals surface area contributed by atoms with Crippen molar-refractivity contribution >= 4 is 22.9 Å². The number of hydrogen-bond donors (Lipinski definition) is 1. The Morgan fingerprint density at radius 2 is 1.88 bits per heavy atom. The molecule has 26 heavy (non-hydrogen) atoms. The van der Waals surface area contributed by atoms with E-state index in [0.717, 1.165) is 16.3 Å². The molecule has 0 bridgehead atoms. The number of carbonyl (C=O) groups excluding carboxylic acids is 1. The van der Waals surface area contributed by atoms with Gasteiger partial charge in [0, 0.05) is 16.6 Å². The first-order valence-corrected chi connectivity index (χ1v) is 8.93. The molecule has 3 rings (SSSR count). The highest BCUT2D eigenvalue weighted by Crippen LogP contribution is 2.23. The van der Waals surface area contributed by atoms with Gasteiger partial charge in [0.15, 0.2) is 6.10 Å². The minimum absolute atomic E-state index is 0.244. The van der Waals surface area contributed by atoms with E-state index in [9.17, 15) is 4.79 Å². The van der Waals surface area contributed by atoms with E-state index < -0.39 is 6.10 Å². The van der Waals surface area contributed by atoms with Crippen LogP contribution >= 0.6 is 11.3 Å². The standard InChI is InChI=1S/C20H17N3O2S/c1-13(25-18-9-3-15(11-21)4-10-18)20(24)23-17-7-5-16(6-8-17)19-12-26-14(2)22-19/h3-10,12-13H,1-2H3,(H,23,24)/t13-/m0/s1. The molecule has 0 fully saturated rings. The molecule has 6 heteroatoms. The zero-order valence-corrected chi connectivity index (χ0v) is 15.2. The largest absolute Gasteiger partial charge is 0.481 e. The fourth-order valence-corrected chi connectivity index (χ4v) is 2.95. The summed E-state index contributed by atoms with van der Waals surface area (Å²) in [5, 5.41) is 14.7. The Labute approximate surface area is 155 Å². The molecule has 0 aliphatic carbocycles. The number of nitriles is 1. The molecular formula is C20H17N3O2S. The number of aromatic nitrogens is 1. The number of thiazole rings is 1. The van der Waals surface area contributed by atoms with E-state index >= 15 is 0 Å². The van der Waals surface area contributed by atoms with Crippen molar-refractivity contribution in [2.75, 3.05) is 5.32 Å². The summed E-state index contributed by atoms with van der Waals surface area (Å²) in [6.07, 6.45) is -0.663. The van der Waals surface area contributed by atoms with E-state index in [-0.39, 0.29) is 5.91 Å². The average molecular weight is 363 g/mol. The van der Waals surface area contributed by atoms with Crippen molar-refractivity contribution in [3.63, 3.8) is 0 Å². The van der Waals surface area contributed by atoms with Crippen molar-refractivity contribution in [3.05, 3.63) is 64.5 Å². The van der Waals surface area contributed by atoms with Crippen molar-refractivity contribution in [1.29, 1.82) is 5.26 Å². The maximum absolute atomic E-state index is 12.3. The van der Waals surface area contributed by atoms with Gasteiger partial charge in [-0.3, -0.25) is 4.79 Å². The minimum Gasteiger partial charge on any atom is -0.481 e. The highest BCUT2D eigenvalue weighted by Gasteiger charge is 2.15. The Morgan fingerprint density at radius 3 is 2.46 bits per heavy atom. The fraction of sp³-hybridized carbons (Fsp3) is 0.150. The topological polar surface area (TPSA) is 75.0 Å². The molecule has 0 radical (unpaired) electrons. The molecule has 1 N–H and O–H groups in total. The summed E-state index contributed by atoms with van der Waals surface area (Å²) in [6, 6.07) is 16.2. The van der Waals surface area contributed by atoms with Crippen LogP contribution in [0.5, 0.6) is 5.75 Å². The number of anilines is 1. The van der Waals surface area contributed by atoms with Crippen LogP contribution in [0.3, 0.4) is 0 Å². The van der Waals surface area contributed by atoms with Crippen molar-refractivity contribution < 1.29 is 9.53 Å². The van der Waals surface area contributed by atoms with E-state index in [1.165, 1.54) is 0 Å². The normalized spacial score (nSPS) is 11.4. The SMILES string of the molecule is Cc1nc(-c2ccc(NC(=O)[C@H](C)Oc3ccc(C#N)cc3)cc2)cs1. The molecule has 0 spiro atoms. The third-order valence-corrected chi connectivity index (χ3v) is 4.51. The Bertz CT molecular complexity index is 940. The van der Waals surface area contributed by atoms with Crippen molar-refractivity contribution in [2.45, 2.75) is 20.0 Å². The number of nitrogens with zero attached hydrogens (tertiary/aromatic N) is 2. The number of benzene rings is 2. The van der Waals surface area contributed by atoms with Gasteiger partial charge in [-0.2, -0.15) is 5.26 Å². The first-order valence-electron chi connectivity index (χ1n) is 8.05. The molecular weight excluding hydrogens is 346 g/mol. The van der Waals surface area contributed by atoms with E-state index in [1.807, 2.05) is 42.6 Å². The van der Waals surface area contributed by atoms with Crippen molar-refractivity contribution in [1.82, 2.24) is 4.98 Å². The van der Waals surface area contributed by atoms with E-state index in [0.29, 0.717) is 17.0 Å². The molecule has 5 nitrogen and oxygen atoms in total. The van der Waals surface area contributed by atoms with Gasteiger partial charge in [-0.25, -0.2) is 4.98 Å². The number of rotatable bonds is 5. The van der Waals surface area contributed by atoms with E-state index in [2.05, 4.69) is 10.3 Å². The summed E-state index contributed by atoms with van der Waals surface area (Å²) in [5.41, 5.74) is 3.18. The van der Waals surface area contributed by atoms with Crippen LogP contribution in [0.15, 0.2) is 53.9 Å². The van der Waals surface area contributed by atoms with Crippen LogP contribution in [0.1, 0.15) is 17.5 Å². The maximum atomic E-state index is 12.3. The van der Waals surface area contributed by atoms with Gasteiger partial charge in [0.25, 0.3) is 5.91 Å². The molecule has 0 saturated carbocycles. The number of carbonyl (C=O) groups is 1. The lowest BCUT2D eigenvalue weighted by Crippen LogP contribution is -2.30. The van der Waals surface area contributed by atoms with Crippen LogP contribution in [0, 0.1) is 18.3 Å². The molecule has 0 aliphatic heterocycles. The van der Waals surface area contributed by atoms with Gasteiger partial charge in [-0.15, -0.1) is 11.3 Å². The summed E-state index contributed by atoms with van der Waals surface area (Å²) >= 11 is 1.61. The van der Waals surface area contributed by atoms with E-state index in [1.54, 1.807) is 42.5 Å². The van der Waals surface area contributed by atoms with Crippen LogP contribution in [-0.2, 0) is 4.79 Å². The minimum atomic E-state index is -0.663. The first kappa shape index (κ1) is 17.6. The number of hydrogen-bond acceptors (Lipinski definition) is 5. The lowest BCUT2D eigenvalue weighted by molar-refractivity contribution is -0.122. The monoisotopic (exact) mass is 363 g/mol. The third kappa shape index (κ3) is 4.26. The second kappa shape index (κ2) is 7.81. The molecule has 2 aromatic carbocycles. The summed E-state index contributed by atoms with van der Waals surface area (Å²) in [4.78, 5) is 16.7. The molecule has 1 amide bonds. The highest BCUT2D eigenvalue weighted by molar-refractivity contribution is 7.09. The Morgan fingerprint density at radius 1 is 1.19 bits per heavy atom. The van der Waals surface area contributed by atoms with E-state index in [4.69, 9.17) is 10.00 Å². The predicted molar refractivity (Wildman–Crippen MR) is 102 cm³/mol. The van der Waals surface area contributed by atoms with Gasteiger partial charge in [-0.05, 0) is 50.2 Å². The first-order chi connectivity index (χ1) is 12.5. The van der Waals surface area contributed by atoms with Crippen LogP contribution in [-0.4, -0.2) is 17.0 Å². The van der Waals surface area contributed by atoms with Gasteiger partial charge < -0.3 is 10.1 Å². The predicted octanol–water partition coefficient (Wildman–Crippen LogP) is 4.40. The van der Waals surface area contributed by atoms with Crippen molar-refractivity contribution in [2.24, 2.45) is 0 Å². The highest BCUT2D eigenvalue weighted by atomic mass is 32.1. The quantitative estimate of drug-likeness (QED) is 0.729. The average Bonchev–Trinajstić information content (AvgIpc) is 3.09. The number of nitrogens with one attached hydrogen (secondary N) is 1. The summed E-state index contributed by atoms with van der Waals surface area (Å²) < 4.78 is 5.61. The second-order valence-electron chi connectivity index (χ2n) is 5.71. The lowest BCUT2D eigenvalue weighted by Gasteiger charge is -2.15. The zero-order valence-electron chi connectivity index (χ0n) is 14.4. The van der Waals surface area contributed by atoms with Gasteiger partial charge in [0.1, 0.15) is 5.75 Å². The third-order valence-electron chi connectivity index (χ3n) is 3.73. The molecule has 3 aromatic rings. The molecule has 0 unspecified atom stereocenters. The maximum Gasteiger partial charge on any atom is 0.265 e. The Hall–Kier alpha value is -3.17. The van der Waals surface area contributed by atoms with Crippen LogP contribution in [0.2, 0.25) is 0 Å². The molecule has 130 valence electrons. The smallest absolute Gasteiger partial charge is 0.265 e. The Balaban J connectivity index is 1.60. The van der Waals surface area contributed by atoms with Crippen LogP contribution < -0.4 is 10.1 Å². The molecule has 0 saturated heterocycles. The second-order valence-corrected chi connectivity index (χ2v) is 6.78. The van der Waals surface area contributed by atoms with Crippen LogP contribution in [0.4, 0.5) is 5.69 Å². The van der Waals surface area contributed by atoms with Crippen molar-refractivity contribution in [3.8, 4) is 23.1 Å². The lowest BCUT2D eigenvalue weighted by atomic mass is 10.1.